The molecule has 102 heavy (non-hydrogen) atoms. The van der Waals surface area contributed by atoms with Crippen molar-refractivity contribution in [1.29, 1.82) is 0 Å². The fourth-order valence-electron chi connectivity index (χ4n) is 12.9. The maximum absolute atomic E-state index is 13.1. The van der Waals surface area contributed by atoms with Gasteiger partial charge in [-0.05, 0) is 31.6 Å². The quantitative estimate of drug-likeness (QED) is 0.0222. The van der Waals surface area contributed by atoms with Crippen LogP contribution in [-0.2, 0) is 65.4 Å². The van der Waals surface area contributed by atoms with Crippen molar-refractivity contribution in [3.05, 3.63) is 0 Å². The lowest BCUT2D eigenvalue weighted by atomic mass is 10.0. The standard InChI is InChI=1S/C83H162O17P2/c1-6-9-12-15-18-21-24-26-28-29-30-31-35-40-44-49-54-59-64-69-83(88)100-79(73-94-81(86)67-62-57-52-47-42-38-36-32-34-37-41-45-50-55-60-65-76(4)5)75-98-102(91,92)96-71-77(84)70-95-101(89,90)97-74-78(72-93-80(85)66-61-56-51-46-23-20-17-14-11-8-3)99-82(87)68-63-58-53-48-43-39-33-27-25-22-19-16-13-10-7-2/h76-79,84H,6-75H2,1-5H3,(H,89,90)(H,91,92)/t77-,78+,79+/m0/s1. The lowest BCUT2D eigenvalue weighted by Gasteiger charge is -2.21. The first kappa shape index (κ1) is 100. The van der Waals surface area contributed by atoms with Gasteiger partial charge in [-0.1, -0.05) is 394 Å². The number of ether oxygens (including phenoxy) is 4. The van der Waals surface area contributed by atoms with E-state index >= 15 is 0 Å². The Bertz CT molecular complexity index is 1940. The topological polar surface area (TPSA) is 237 Å². The van der Waals surface area contributed by atoms with Crippen LogP contribution in [0.5, 0.6) is 0 Å². The molecule has 0 aromatic carbocycles. The zero-order valence-corrected chi connectivity index (χ0v) is 68.5. The van der Waals surface area contributed by atoms with E-state index in [1.54, 1.807) is 0 Å². The Kier molecular flexibility index (Phi) is 74.4. The minimum atomic E-state index is -4.96. The Hall–Kier alpha value is -1.94. The Morgan fingerprint density at radius 2 is 0.451 bits per heavy atom. The van der Waals surface area contributed by atoms with E-state index in [4.69, 9.17) is 37.0 Å². The molecule has 0 fully saturated rings. The van der Waals surface area contributed by atoms with Crippen LogP contribution in [-0.4, -0.2) is 96.7 Å². The van der Waals surface area contributed by atoms with E-state index in [1.807, 2.05) is 0 Å². The van der Waals surface area contributed by atoms with Crippen molar-refractivity contribution in [1.82, 2.24) is 0 Å². The Labute approximate surface area is 626 Å². The van der Waals surface area contributed by atoms with Crippen LogP contribution < -0.4 is 0 Å². The number of carbonyl (C=O) groups is 4. The maximum atomic E-state index is 13.1. The average molecular weight is 1490 g/mol. The molecule has 0 aromatic heterocycles. The first-order chi connectivity index (χ1) is 49.5. The van der Waals surface area contributed by atoms with Gasteiger partial charge in [0.05, 0.1) is 26.4 Å². The SMILES string of the molecule is CCCCCCCCCCCCCCCCCCCCCC(=O)O[C@H](COC(=O)CCCCCCCCCCCCCCCCCC(C)C)COP(=O)(O)OC[C@@H](O)COP(=O)(O)OC[C@@H](COC(=O)CCCCCCCCCCCC)OC(=O)CCCCCCCCCCCCCCCCC. The Morgan fingerprint density at radius 1 is 0.265 bits per heavy atom. The molecule has 0 heterocycles. The van der Waals surface area contributed by atoms with Gasteiger partial charge in [0, 0.05) is 25.7 Å². The number of aliphatic hydroxyl groups excluding tert-OH is 1. The molecular weight excluding hydrogens is 1330 g/mol. The zero-order chi connectivity index (χ0) is 74.8. The van der Waals surface area contributed by atoms with Crippen molar-refractivity contribution in [3.63, 3.8) is 0 Å². The van der Waals surface area contributed by atoms with Gasteiger partial charge in [0.1, 0.15) is 19.3 Å². The average Bonchev–Trinajstić information content (AvgIpc) is 0.912. The molecule has 0 saturated carbocycles. The normalized spacial score (nSPS) is 13.8. The van der Waals surface area contributed by atoms with Crippen molar-refractivity contribution >= 4 is 39.5 Å². The molecule has 0 saturated heterocycles. The molecule has 0 spiro atoms. The minimum absolute atomic E-state index is 0.109. The smallest absolute Gasteiger partial charge is 0.462 e. The van der Waals surface area contributed by atoms with E-state index in [1.165, 1.54) is 270 Å². The first-order valence-corrected chi connectivity index (χ1v) is 46.1. The lowest BCUT2D eigenvalue weighted by Crippen LogP contribution is -2.30. The molecule has 5 atom stereocenters. The third-order valence-electron chi connectivity index (χ3n) is 19.5. The summed E-state index contributed by atoms with van der Waals surface area (Å²) in [7, 11) is -9.92. The fourth-order valence-corrected chi connectivity index (χ4v) is 14.5. The number of hydrogen-bond donors (Lipinski definition) is 3. The van der Waals surface area contributed by atoms with Crippen molar-refractivity contribution in [2.75, 3.05) is 39.6 Å². The van der Waals surface area contributed by atoms with Gasteiger partial charge in [0.2, 0.25) is 0 Å². The molecule has 3 N–H and O–H groups in total. The van der Waals surface area contributed by atoms with Crippen molar-refractivity contribution in [2.45, 2.75) is 464 Å². The second-order valence-electron chi connectivity index (χ2n) is 30.3. The van der Waals surface area contributed by atoms with Gasteiger partial charge in [0.25, 0.3) is 0 Å². The second-order valence-corrected chi connectivity index (χ2v) is 33.3. The minimum Gasteiger partial charge on any atom is -0.462 e. The number of carbonyl (C=O) groups excluding carboxylic acids is 4. The van der Waals surface area contributed by atoms with Gasteiger partial charge in [-0.3, -0.25) is 37.3 Å². The van der Waals surface area contributed by atoms with E-state index in [-0.39, 0.29) is 25.7 Å². The van der Waals surface area contributed by atoms with Crippen LogP contribution in [0.2, 0.25) is 0 Å². The summed E-state index contributed by atoms with van der Waals surface area (Å²) in [5.74, 6) is -1.30. The summed E-state index contributed by atoms with van der Waals surface area (Å²) in [6.45, 7) is 7.37. The molecule has 0 rings (SSSR count). The highest BCUT2D eigenvalue weighted by Crippen LogP contribution is 2.45. The second kappa shape index (κ2) is 75.9. The predicted molar refractivity (Wildman–Crippen MR) is 418 cm³/mol. The Morgan fingerprint density at radius 3 is 0.667 bits per heavy atom. The summed E-state index contributed by atoms with van der Waals surface area (Å²) < 4.78 is 68.8. The molecule has 17 nitrogen and oxygen atoms in total. The van der Waals surface area contributed by atoms with Gasteiger partial charge in [-0.15, -0.1) is 0 Å². The van der Waals surface area contributed by atoms with Crippen LogP contribution in [0.3, 0.4) is 0 Å². The van der Waals surface area contributed by atoms with Crippen molar-refractivity contribution < 1.29 is 80.2 Å². The van der Waals surface area contributed by atoms with Crippen LogP contribution >= 0.6 is 15.6 Å². The number of unbranched alkanes of at least 4 members (excludes halogenated alkanes) is 55. The van der Waals surface area contributed by atoms with E-state index in [2.05, 4.69) is 34.6 Å². The molecule has 0 amide bonds. The van der Waals surface area contributed by atoms with Crippen molar-refractivity contribution in [3.8, 4) is 0 Å². The van der Waals surface area contributed by atoms with E-state index in [9.17, 15) is 43.2 Å². The number of hydrogen-bond acceptors (Lipinski definition) is 15. The van der Waals surface area contributed by atoms with E-state index in [0.29, 0.717) is 25.7 Å². The Balaban J connectivity index is 5.23. The molecule has 19 heteroatoms. The van der Waals surface area contributed by atoms with Crippen LogP contribution in [0, 0.1) is 5.92 Å². The number of phosphoric acid groups is 2. The van der Waals surface area contributed by atoms with Crippen LogP contribution in [0.15, 0.2) is 0 Å². The first-order valence-electron chi connectivity index (χ1n) is 43.1. The molecule has 0 aromatic rings. The van der Waals surface area contributed by atoms with Crippen LogP contribution in [0.4, 0.5) is 0 Å². The summed E-state index contributed by atoms with van der Waals surface area (Å²) >= 11 is 0. The van der Waals surface area contributed by atoms with Crippen LogP contribution in [0.25, 0.3) is 0 Å². The predicted octanol–water partition coefficient (Wildman–Crippen LogP) is 25.2. The fraction of sp³-hybridized carbons (Fsp3) is 0.952. The molecular formula is C83H162O17P2. The third-order valence-corrected chi connectivity index (χ3v) is 21.4. The molecule has 0 bridgehead atoms. The number of phosphoric ester groups is 2. The highest BCUT2D eigenvalue weighted by atomic mass is 31.2. The maximum Gasteiger partial charge on any atom is 0.472 e. The number of aliphatic hydroxyl groups is 1. The number of esters is 4. The van der Waals surface area contributed by atoms with E-state index < -0.39 is 97.5 Å². The third kappa shape index (κ3) is 76.3. The summed E-state index contributed by atoms with van der Waals surface area (Å²) in [5.41, 5.74) is 0. The number of rotatable bonds is 83. The largest absolute Gasteiger partial charge is 0.472 e. The summed E-state index contributed by atoms with van der Waals surface area (Å²) in [6.07, 6.45) is 67.9. The van der Waals surface area contributed by atoms with Gasteiger partial charge in [-0.25, -0.2) is 9.13 Å². The van der Waals surface area contributed by atoms with Gasteiger partial charge < -0.3 is 33.8 Å². The lowest BCUT2D eigenvalue weighted by molar-refractivity contribution is -0.161. The summed E-state index contributed by atoms with van der Waals surface area (Å²) in [6, 6.07) is 0. The van der Waals surface area contributed by atoms with E-state index in [0.717, 1.165) is 95.8 Å². The molecule has 0 aliphatic heterocycles. The molecule has 2 unspecified atom stereocenters. The summed E-state index contributed by atoms with van der Waals surface area (Å²) in [4.78, 5) is 73.1. The van der Waals surface area contributed by atoms with Crippen molar-refractivity contribution in [2.24, 2.45) is 5.92 Å². The highest BCUT2D eigenvalue weighted by molar-refractivity contribution is 7.47. The molecule has 0 aliphatic rings. The van der Waals surface area contributed by atoms with Crippen LogP contribution in [0.1, 0.15) is 446 Å². The molecule has 0 radical (unpaired) electrons. The van der Waals surface area contributed by atoms with Gasteiger partial charge >= 0.3 is 39.5 Å². The zero-order valence-electron chi connectivity index (χ0n) is 66.8. The highest BCUT2D eigenvalue weighted by Gasteiger charge is 2.30. The molecule has 606 valence electrons. The molecule has 0 aliphatic carbocycles. The summed E-state index contributed by atoms with van der Waals surface area (Å²) in [5, 5.41) is 10.7. The van der Waals surface area contributed by atoms with Gasteiger partial charge in [0.15, 0.2) is 12.2 Å². The monoisotopic (exact) mass is 1490 g/mol. The van der Waals surface area contributed by atoms with Gasteiger partial charge in [-0.2, -0.15) is 0 Å².